The number of aromatic nitrogens is 1. The van der Waals surface area contributed by atoms with Gasteiger partial charge in [-0.2, -0.15) is 0 Å². The van der Waals surface area contributed by atoms with Crippen LogP contribution in [0.1, 0.15) is 13.3 Å². The highest BCUT2D eigenvalue weighted by molar-refractivity contribution is 5.93. The number of carbonyl (C=O) groups is 2. The van der Waals surface area contributed by atoms with E-state index in [1.807, 2.05) is 18.2 Å². The largest absolute Gasteiger partial charge is 0.352 e. The molecule has 0 spiro atoms. The van der Waals surface area contributed by atoms with Gasteiger partial charge in [0.05, 0.1) is 0 Å². The lowest BCUT2D eigenvalue weighted by molar-refractivity contribution is -0.123. The van der Waals surface area contributed by atoms with Crippen LogP contribution in [0.3, 0.4) is 0 Å². The number of pyridine rings is 1. The van der Waals surface area contributed by atoms with Gasteiger partial charge in [0.1, 0.15) is 6.04 Å². The summed E-state index contributed by atoms with van der Waals surface area (Å²) < 4.78 is 13.8. The monoisotopic (exact) mass is 371 g/mol. The number of amides is 3. The van der Waals surface area contributed by atoms with E-state index in [4.69, 9.17) is 0 Å². The molecule has 0 bridgehead atoms. The molecule has 0 saturated carbocycles. The normalized spacial score (nSPS) is 17.3. The number of nitrogens with one attached hydrogen (secondary N) is 3. The van der Waals surface area contributed by atoms with E-state index in [-0.39, 0.29) is 17.8 Å². The Hall–Kier alpha value is -3.16. The first kappa shape index (κ1) is 18.6. The number of halogens is 1. The minimum atomic E-state index is -0.700. The van der Waals surface area contributed by atoms with E-state index in [0.29, 0.717) is 31.0 Å². The van der Waals surface area contributed by atoms with Crippen LogP contribution in [-0.2, 0) is 4.79 Å². The lowest BCUT2D eigenvalue weighted by atomic mass is 10.2. The zero-order chi connectivity index (χ0) is 19.2. The van der Waals surface area contributed by atoms with Crippen LogP contribution in [-0.4, -0.2) is 42.1 Å². The van der Waals surface area contributed by atoms with Crippen LogP contribution in [0.15, 0.2) is 48.7 Å². The molecule has 1 aliphatic heterocycles. The summed E-state index contributed by atoms with van der Waals surface area (Å²) >= 11 is 0. The second kappa shape index (κ2) is 8.48. The van der Waals surface area contributed by atoms with E-state index in [1.165, 1.54) is 6.07 Å². The number of urea groups is 1. The average Bonchev–Trinajstić information content (AvgIpc) is 3.11. The van der Waals surface area contributed by atoms with Crippen molar-refractivity contribution in [3.05, 3.63) is 54.5 Å². The first-order valence-electron chi connectivity index (χ1n) is 8.81. The molecular formula is C19H22FN5O2. The summed E-state index contributed by atoms with van der Waals surface area (Å²) in [5, 5.41) is 8.17. The van der Waals surface area contributed by atoms with Crippen molar-refractivity contribution in [3.8, 4) is 0 Å². The summed E-state index contributed by atoms with van der Waals surface area (Å²) in [4.78, 5) is 30.2. The number of benzene rings is 1. The molecule has 2 aromatic rings. The van der Waals surface area contributed by atoms with Crippen LogP contribution < -0.4 is 20.9 Å². The van der Waals surface area contributed by atoms with Crippen LogP contribution >= 0.6 is 0 Å². The maximum atomic E-state index is 13.8. The van der Waals surface area contributed by atoms with E-state index in [2.05, 4.69) is 20.9 Å². The summed E-state index contributed by atoms with van der Waals surface area (Å²) in [5.41, 5.74) is 0.645. The molecule has 8 heteroatoms. The number of hydrogen-bond acceptors (Lipinski definition) is 4. The first-order chi connectivity index (χ1) is 13.0. The van der Waals surface area contributed by atoms with Gasteiger partial charge in [-0.3, -0.25) is 4.79 Å². The van der Waals surface area contributed by atoms with Gasteiger partial charge in [-0.1, -0.05) is 18.2 Å². The van der Waals surface area contributed by atoms with Crippen LogP contribution in [0.25, 0.3) is 0 Å². The van der Waals surface area contributed by atoms with E-state index in [1.54, 1.807) is 36.2 Å². The fraction of sp³-hybridized carbons (Fsp3) is 0.316. The molecule has 3 amide bonds. The number of nitrogens with zero attached hydrogens (tertiary/aromatic N) is 2. The number of anilines is 2. The van der Waals surface area contributed by atoms with Gasteiger partial charge in [-0.05, 0) is 37.6 Å². The molecule has 2 atom stereocenters. The van der Waals surface area contributed by atoms with Gasteiger partial charge in [0.2, 0.25) is 5.91 Å². The second-order valence-electron chi connectivity index (χ2n) is 6.44. The fourth-order valence-corrected chi connectivity index (χ4v) is 2.96. The van der Waals surface area contributed by atoms with Crippen molar-refractivity contribution in [3.63, 3.8) is 0 Å². The molecule has 0 radical (unpaired) electrons. The zero-order valence-electron chi connectivity index (χ0n) is 15.0. The van der Waals surface area contributed by atoms with Gasteiger partial charge >= 0.3 is 6.03 Å². The zero-order valence-corrected chi connectivity index (χ0v) is 15.0. The highest BCUT2D eigenvalue weighted by atomic mass is 19.1. The van der Waals surface area contributed by atoms with Gasteiger partial charge in [-0.15, -0.1) is 0 Å². The highest BCUT2D eigenvalue weighted by Gasteiger charge is 2.28. The van der Waals surface area contributed by atoms with E-state index < -0.39 is 12.1 Å². The molecule has 0 aliphatic carbocycles. The second-order valence-corrected chi connectivity index (χ2v) is 6.44. The van der Waals surface area contributed by atoms with Gasteiger partial charge in [0.15, 0.2) is 11.6 Å². The van der Waals surface area contributed by atoms with Crippen molar-refractivity contribution in [2.45, 2.75) is 25.4 Å². The smallest absolute Gasteiger partial charge is 0.319 e. The van der Waals surface area contributed by atoms with Crippen molar-refractivity contribution >= 4 is 23.4 Å². The van der Waals surface area contributed by atoms with Gasteiger partial charge < -0.3 is 20.9 Å². The third-order valence-electron chi connectivity index (χ3n) is 4.35. The molecule has 7 nitrogen and oxygen atoms in total. The van der Waals surface area contributed by atoms with E-state index in [9.17, 15) is 14.0 Å². The van der Waals surface area contributed by atoms with Crippen LogP contribution in [0, 0.1) is 5.82 Å². The predicted octanol–water partition coefficient (Wildman–Crippen LogP) is 2.13. The summed E-state index contributed by atoms with van der Waals surface area (Å²) in [6.45, 7) is 2.70. The maximum absolute atomic E-state index is 13.8. The molecule has 27 heavy (non-hydrogen) atoms. The number of carbonyl (C=O) groups excluding carboxylic acids is 2. The number of hydrogen-bond donors (Lipinski definition) is 3. The van der Waals surface area contributed by atoms with Crippen molar-refractivity contribution < 1.29 is 14.0 Å². The molecule has 3 rings (SSSR count). The van der Waals surface area contributed by atoms with Crippen LogP contribution in [0.5, 0.6) is 0 Å². The number of rotatable bonds is 5. The van der Waals surface area contributed by atoms with Gasteiger partial charge in [-0.25, -0.2) is 14.2 Å². The van der Waals surface area contributed by atoms with Crippen LogP contribution in [0.2, 0.25) is 0 Å². The Bertz CT molecular complexity index is 802. The Morgan fingerprint density at radius 2 is 2.00 bits per heavy atom. The lowest BCUT2D eigenvalue weighted by Gasteiger charge is -2.20. The molecule has 3 N–H and O–H groups in total. The topological polar surface area (TPSA) is 86.4 Å². The molecule has 1 aliphatic rings. The Labute approximate surface area is 157 Å². The van der Waals surface area contributed by atoms with Crippen molar-refractivity contribution in [2.24, 2.45) is 0 Å². The Kier molecular flexibility index (Phi) is 5.85. The summed E-state index contributed by atoms with van der Waals surface area (Å²) in [6.07, 6.45) is 2.23. The summed E-state index contributed by atoms with van der Waals surface area (Å²) in [5.74, 6) is -0.369. The molecule has 2 heterocycles. The quantitative estimate of drug-likeness (QED) is 0.752. The van der Waals surface area contributed by atoms with Crippen molar-refractivity contribution in [2.75, 3.05) is 23.3 Å². The Morgan fingerprint density at radius 3 is 2.74 bits per heavy atom. The minimum Gasteiger partial charge on any atom is -0.352 e. The fourth-order valence-electron chi connectivity index (χ4n) is 2.96. The molecule has 1 aromatic carbocycles. The van der Waals surface area contributed by atoms with Crippen molar-refractivity contribution in [1.82, 2.24) is 15.6 Å². The lowest BCUT2D eigenvalue weighted by Crippen LogP contribution is -2.49. The minimum absolute atomic E-state index is 0.125. The molecule has 1 aromatic heterocycles. The van der Waals surface area contributed by atoms with Gasteiger partial charge in [0.25, 0.3) is 0 Å². The highest BCUT2D eigenvalue weighted by Crippen LogP contribution is 2.20. The average molecular weight is 371 g/mol. The number of para-hydroxylation sites is 1. The van der Waals surface area contributed by atoms with E-state index in [0.717, 1.165) is 0 Å². The molecule has 142 valence electrons. The first-order valence-corrected chi connectivity index (χ1v) is 8.81. The SMILES string of the molecule is CC(NC(=O)Nc1ccccc1)C(=O)NC1CCN(c2ncccc2F)C1. The van der Waals surface area contributed by atoms with Crippen molar-refractivity contribution in [1.29, 1.82) is 0 Å². The molecule has 1 fully saturated rings. The van der Waals surface area contributed by atoms with Gasteiger partial charge in [0, 0.05) is 31.0 Å². The predicted molar refractivity (Wildman–Crippen MR) is 101 cm³/mol. The third kappa shape index (κ3) is 4.93. The van der Waals surface area contributed by atoms with E-state index >= 15 is 0 Å². The Morgan fingerprint density at radius 1 is 1.22 bits per heavy atom. The summed E-state index contributed by atoms with van der Waals surface area (Å²) in [7, 11) is 0. The third-order valence-corrected chi connectivity index (χ3v) is 4.35. The Balaban J connectivity index is 1.47. The standard InChI is InChI=1S/C19H22FN5O2/c1-13(22-19(27)24-14-6-3-2-4-7-14)18(26)23-15-9-11-25(12-15)17-16(20)8-5-10-21-17/h2-8,10,13,15H,9,11-12H2,1H3,(H,23,26)(H2,22,24,27). The molecule has 1 saturated heterocycles. The molecule has 2 unspecified atom stereocenters. The summed E-state index contributed by atoms with van der Waals surface area (Å²) in [6, 6.07) is 10.6. The van der Waals surface area contributed by atoms with Crippen LogP contribution in [0.4, 0.5) is 20.7 Å². The maximum Gasteiger partial charge on any atom is 0.319 e. The molecular weight excluding hydrogens is 349 g/mol.